The van der Waals surface area contributed by atoms with Gasteiger partial charge in [0.15, 0.2) is 0 Å². The molecule has 0 saturated carbocycles. The SMILES string of the molecule is O=C(Cc1ccc(-n2c(=O)c3sccc3n(Cc3c(F)cccc3Cl)c2=O)cc1)Nc1ccccc1. The molecule has 0 fully saturated rings. The molecule has 2 aromatic heterocycles. The molecule has 6 nitrogen and oxygen atoms in total. The molecule has 0 unspecified atom stereocenters. The molecular formula is C27H19ClFN3O3S. The number of nitrogens with zero attached hydrogens (tertiary/aromatic N) is 2. The van der Waals surface area contributed by atoms with E-state index in [1.165, 1.54) is 28.0 Å². The van der Waals surface area contributed by atoms with Crippen molar-refractivity contribution in [2.45, 2.75) is 13.0 Å². The Morgan fingerprint density at radius 1 is 0.944 bits per heavy atom. The molecule has 180 valence electrons. The number of para-hydroxylation sites is 1. The van der Waals surface area contributed by atoms with Crippen molar-refractivity contribution in [3.05, 3.63) is 127 Å². The van der Waals surface area contributed by atoms with Gasteiger partial charge in [0.1, 0.15) is 10.5 Å². The molecule has 0 atom stereocenters. The second kappa shape index (κ2) is 9.93. The first kappa shape index (κ1) is 23.7. The lowest BCUT2D eigenvalue weighted by Gasteiger charge is -2.14. The number of fused-ring (bicyclic) bond motifs is 1. The van der Waals surface area contributed by atoms with Crippen molar-refractivity contribution in [3.63, 3.8) is 0 Å². The highest BCUT2D eigenvalue weighted by Crippen LogP contribution is 2.23. The second-order valence-corrected chi connectivity index (χ2v) is 9.43. The van der Waals surface area contributed by atoms with Gasteiger partial charge in [-0.1, -0.05) is 48.0 Å². The largest absolute Gasteiger partial charge is 0.336 e. The van der Waals surface area contributed by atoms with E-state index in [9.17, 15) is 18.8 Å². The highest BCUT2D eigenvalue weighted by atomic mass is 35.5. The fourth-order valence-electron chi connectivity index (χ4n) is 3.98. The third kappa shape index (κ3) is 4.60. The van der Waals surface area contributed by atoms with Crippen molar-refractivity contribution >= 4 is 44.7 Å². The molecule has 0 spiro atoms. The molecule has 0 aliphatic rings. The third-order valence-electron chi connectivity index (χ3n) is 5.75. The zero-order chi connectivity index (χ0) is 25.2. The summed E-state index contributed by atoms with van der Waals surface area (Å²) in [5.74, 6) is -0.719. The molecule has 0 bridgehead atoms. The van der Waals surface area contributed by atoms with Crippen LogP contribution in [0.1, 0.15) is 11.1 Å². The van der Waals surface area contributed by atoms with Crippen LogP contribution in [0.2, 0.25) is 5.02 Å². The van der Waals surface area contributed by atoms with Crippen LogP contribution in [0.15, 0.2) is 93.8 Å². The summed E-state index contributed by atoms with van der Waals surface area (Å²) in [6.45, 7) is -0.129. The fourth-order valence-corrected chi connectivity index (χ4v) is 5.03. The van der Waals surface area contributed by atoms with Gasteiger partial charge < -0.3 is 5.32 Å². The minimum absolute atomic E-state index is 0.129. The van der Waals surface area contributed by atoms with Gasteiger partial charge in [0.25, 0.3) is 5.56 Å². The van der Waals surface area contributed by atoms with E-state index in [1.54, 1.807) is 53.9 Å². The van der Waals surface area contributed by atoms with Gasteiger partial charge in [-0.05, 0) is 53.4 Å². The summed E-state index contributed by atoms with van der Waals surface area (Å²) < 4.78 is 17.3. The number of amides is 1. The lowest BCUT2D eigenvalue weighted by Crippen LogP contribution is -2.38. The summed E-state index contributed by atoms with van der Waals surface area (Å²) in [6.07, 6.45) is 0.129. The summed E-state index contributed by atoms with van der Waals surface area (Å²) in [4.78, 5) is 39.1. The number of aromatic nitrogens is 2. The van der Waals surface area contributed by atoms with Gasteiger partial charge in [0.05, 0.1) is 24.2 Å². The van der Waals surface area contributed by atoms with E-state index >= 15 is 0 Å². The average Bonchev–Trinajstić information content (AvgIpc) is 3.35. The third-order valence-corrected chi connectivity index (χ3v) is 7.00. The van der Waals surface area contributed by atoms with Crippen molar-refractivity contribution in [3.8, 4) is 5.69 Å². The Balaban J connectivity index is 1.49. The molecule has 36 heavy (non-hydrogen) atoms. The molecule has 5 rings (SSSR count). The molecule has 9 heteroatoms. The number of hydrogen-bond acceptors (Lipinski definition) is 4. The molecule has 2 heterocycles. The average molecular weight is 520 g/mol. The molecule has 3 aromatic carbocycles. The maximum Gasteiger partial charge on any atom is 0.336 e. The van der Waals surface area contributed by atoms with E-state index in [4.69, 9.17) is 11.6 Å². The first-order valence-corrected chi connectivity index (χ1v) is 12.3. The van der Waals surface area contributed by atoms with Crippen LogP contribution >= 0.6 is 22.9 Å². The summed E-state index contributed by atoms with van der Waals surface area (Å²) in [6, 6.07) is 21.7. The van der Waals surface area contributed by atoms with Gasteiger partial charge in [-0.15, -0.1) is 11.3 Å². The number of carbonyl (C=O) groups excluding carboxylic acids is 1. The Bertz CT molecular complexity index is 1670. The zero-order valence-corrected chi connectivity index (χ0v) is 20.4. The van der Waals surface area contributed by atoms with Crippen LogP contribution in [0.4, 0.5) is 10.1 Å². The van der Waals surface area contributed by atoms with Crippen LogP contribution in [0.3, 0.4) is 0 Å². The molecule has 5 aromatic rings. The number of halogens is 2. The zero-order valence-electron chi connectivity index (χ0n) is 18.8. The summed E-state index contributed by atoms with van der Waals surface area (Å²) >= 11 is 7.41. The number of thiophene rings is 1. The first-order chi connectivity index (χ1) is 17.4. The molecule has 1 N–H and O–H groups in total. The van der Waals surface area contributed by atoms with Crippen LogP contribution in [-0.4, -0.2) is 15.0 Å². The lowest BCUT2D eigenvalue weighted by molar-refractivity contribution is -0.115. The topological polar surface area (TPSA) is 73.1 Å². The maximum atomic E-state index is 14.5. The van der Waals surface area contributed by atoms with Gasteiger partial charge in [-0.25, -0.2) is 13.8 Å². The Morgan fingerprint density at radius 3 is 2.42 bits per heavy atom. The van der Waals surface area contributed by atoms with E-state index < -0.39 is 17.1 Å². The number of anilines is 1. The number of benzene rings is 3. The molecule has 0 aliphatic heterocycles. The van der Waals surface area contributed by atoms with Gasteiger partial charge >= 0.3 is 5.69 Å². The number of carbonyl (C=O) groups is 1. The highest BCUT2D eigenvalue weighted by molar-refractivity contribution is 7.17. The van der Waals surface area contributed by atoms with Gasteiger partial charge in [-0.3, -0.25) is 14.2 Å². The van der Waals surface area contributed by atoms with Gasteiger partial charge in [0.2, 0.25) is 5.91 Å². The normalized spacial score (nSPS) is 11.1. The molecule has 0 radical (unpaired) electrons. The maximum absolute atomic E-state index is 14.5. The van der Waals surface area contributed by atoms with Crippen LogP contribution < -0.4 is 16.6 Å². The van der Waals surface area contributed by atoms with Crippen molar-refractivity contribution in [2.75, 3.05) is 5.32 Å². The fraction of sp³-hybridized carbons (Fsp3) is 0.0741. The van der Waals surface area contributed by atoms with Crippen molar-refractivity contribution in [1.82, 2.24) is 9.13 Å². The predicted molar refractivity (Wildman–Crippen MR) is 141 cm³/mol. The number of nitrogens with one attached hydrogen (secondary N) is 1. The molecule has 0 saturated heterocycles. The number of hydrogen-bond donors (Lipinski definition) is 1. The van der Waals surface area contributed by atoms with Crippen LogP contribution in [0, 0.1) is 5.82 Å². The van der Waals surface area contributed by atoms with Gasteiger partial charge in [0, 0.05) is 16.3 Å². The Morgan fingerprint density at radius 2 is 1.69 bits per heavy atom. The second-order valence-electron chi connectivity index (χ2n) is 8.10. The predicted octanol–water partition coefficient (Wildman–Crippen LogP) is 5.24. The minimum atomic E-state index is -0.611. The van der Waals surface area contributed by atoms with Crippen molar-refractivity contribution < 1.29 is 9.18 Å². The van der Waals surface area contributed by atoms with E-state index in [1.807, 2.05) is 18.2 Å². The molecule has 0 aliphatic carbocycles. The Hall–Kier alpha value is -4.01. The Labute approximate surface area is 213 Å². The Kier molecular flexibility index (Phi) is 6.54. The minimum Gasteiger partial charge on any atom is -0.326 e. The molecular weight excluding hydrogens is 501 g/mol. The first-order valence-electron chi connectivity index (χ1n) is 11.0. The highest BCUT2D eigenvalue weighted by Gasteiger charge is 2.18. The summed E-state index contributed by atoms with van der Waals surface area (Å²) in [7, 11) is 0. The van der Waals surface area contributed by atoms with Crippen molar-refractivity contribution in [1.29, 1.82) is 0 Å². The summed E-state index contributed by atoms with van der Waals surface area (Å²) in [5.41, 5.74) is 1.27. The molecule has 1 amide bonds. The van der Waals surface area contributed by atoms with E-state index in [0.717, 1.165) is 10.1 Å². The monoisotopic (exact) mass is 519 g/mol. The van der Waals surface area contributed by atoms with E-state index in [2.05, 4.69) is 5.32 Å². The standard InChI is InChI=1S/C27H19ClFN3O3S/c28-21-7-4-8-22(29)20(21)16-31-23-13-14-36-25(23)26(34)32(27(31)35)19-11-9-17(10-12-19)15-24(33)30-18-5-2-1-3-6-18/h1-14H,15-16H2,(H,30,33). The van der Waals surface area contributed by atoms with Crippen molar-refractivity contribution in [2.24, 2.45) is 0 Å². The summed E-state index contributed by atoms with van der Waals surface area (Å²) in [5, 5.41) is 4.73. The van der Waals surface area contributed by atoms with E-state index in [-0.39, 0.29) is 29.5 Å². The lowest BCUT2D eigenvalue weighted by atomic mass is 10.1. The quantitative estimate of drug-likeness (QED) is 0.333. The smallest absolute Gasteiger partial charge is 0.326 e. The number of rotatable bonds is 6. The van der Waals surface area contributed by atoms with Crippen LogP contribution in [0.25, 0.3) is 15.9 Å². The van der Waals surface area contributed by atoms with E-state index in [0.29, 0.717) is 21.6 Å². The van der Waals surface area contributed by atoms with Crippen LogP contribution in [0.5, 0.6) is 0 Å². The van der Waals surface area contributed by atoms with Crippen LogP contribution in [-0.2, 0) is 17.8 Å². The van der Waals surface area contributed by atoms with Gasteiger partial charge in [-0.2, -0.15) is 0 Å².